The zero-order chi connectivity index (χ0) is 8.59. The Morgan fingerprint density at radius 3 is 2.27 bits per heavy atom. The lowest BCUT2D eigenvalue weighted by atomic mass is 10.1. The second-order valence-electron chi connectivity index (χ2n) is 2.42. The number of rotatable bonds is 0. The van der Waals surface area contributed by atoms with Crippen molar-refractivity contribution < 1.29 is 4.39 Å². The smallest absolute Gasteiger partial charge is 0.171 e. The third-order valence-electron chi connectivity index (χ3n) is 1.58. The van der Waals surface area contributed by atoms with E-state index < -0.39 is 5.82 Å². The molecular weight excluding hydrogens is 145 g/mol. The van der Waals surface area contributed by atoms with Crippen LogP contribution >= 0.6 is 0 Å². The van der Waals surface area contributed by atoms with Crippen LogP contribution in [0.3, 0.4) is 0 Å². The second-order valence-corrected chi connectivity index (χ2v) is 2.42. The number of nitrogen functional groups attached to an aromatic ring is 3. The lowest BCUT2D eigenvalue weighted by Gasteiger charge is -2.06. The van der Waals surface area contributed by atoms with Crippen molar-refractivity contribution in [3.05, 3.63) is 17.4 Å². The molecule has 0 radical (unpaired) electrons. The minimum Gasteiger partial charge on any atom is -0.397 e. The highest BCUT2D eigenvalue weighted by atomic mass is 19.1. The van der Waals surface area contributed by atoms with Gasteiger partial charge in [-0.2, -0.15) is 0 Å². The normalized spacial score (nSPS) is 10.0. The molecule has 60 valence electrons. The molecule has 1 aromatic carbocycles. The summed E-state index contributed by atoms with van der Waals surface area (Å²) in [5.74, 6) is -0.623. The first kappa shape index (κ1) is 7.65. The van der Waals surface area contributed by atoms with Gasteiger partial charge in [-0.1, -0.05) is 0 Å². The van der Waals surface area contributed by atoms with Gasteiger partial charge in [0.15, 0.2) is 5.82 Å². The third-order valence-corrected chi connectivity index (χ3v) is 1.58. The van der Waals surface area contributed by atoms with Gasteiger partial charge in [0.25, 0.3) is 0 Å². The van der Waals surface area contributed by atoms with Gasteiger partial charge in [-0.05, 0) is 18.6 Å². The van der Waals surface area contributed by atoms with Crippen molar-refractivity contribution in [3.63, 3.8) is 0 Å². The molecule has 0 heterocycles. The van der Waals surface area contributed by atoms with Gasteiger partial charge in [-0.3, -0.25) is 0 Å². The van der Waals surface area contributed by atoms with Crippen LogP contribution in [-0.4, -0.2) is 0 Å². The molecule has 0 aliphatic heterocycles. The van der Waals surface area contributed by atoms with Crippen LogP contribution in [0.2, 0.25) is 0 Å². The van der Waals surface area contributed by atoms with E-state index in [0.717, 1.165) is 0 Å². The first-order valence-electron chi connectivity index (χ1n) is 3.13. The Labute approximate surface area is 64.0 Å². The van der Waals surface area contributed by atoms with Crippen molar-refractivity contribution in [3.8, 4) is 0 Å². The maximum atomic E-state index is 12.9. The number of hydrogen-bond donors (Lipinski definition) is 3. The van der Waals surface area contributed by atoms with Crippen molar-refractivity contribution in [2.45, 2.75) is 6.92 Å². The molecule has 0 saturated heterocycles. The Balaban J connectivity index is 3.46. The van der Waals surface area contributed by atoms with E-state index in [0.29, 0.717) is 5.56 Å². The minimum absolute atomic E-state index is 0.0664. The van der Waals surface area contributed by atoms with Crippen LogP contribution < -0.4 is 17.2 Å². The number of anilines is 3. The van der Waals surface area contributed by atoms with Crippen molar-refractivity contribution in [2.75, 3.05) is 17.2 Å². The molecular formula is C7H10FN3. The Bertz CT molecular complexity index is 270. The Morgan fingerprint density at radius 1 is 1.18 bits per heavy atom. The Kier molecular flexibility index (Phi) is 1.60. The molecule has 0 aromatic heterocycles. The summed E-state index contributed by atoms with van der Waals surface area (Å²) >= 11 is 0. The Hall–Kier alpha value is -1.45. The van der Waals surface area contributed by atoms with Crippen LogP contribution in [0.5, 0.6) is 0 Å². The summed E-state index contributed by atoms with van der Waals surface area (Å²) in [6.07, 6.45) is 0. The topological polar surface area (TPSA) is 78.1 Å². The van der Waals surface area contributed by atoms with Crippen LogP contribution in [0.4, 0.5) is 21.5 Å². The molecule has 1 aromatic rings. The third kappa shape index (κ3) is 1.07. The molecule has 0 unspecified atom stereocenters. The summed E-state index contributed by atoms with van der Waals surface area (Å²) in [5.41, 5.74) is 16.8. The molecule has 11 heavy (non-hydrogen) atoms. The summed E-state index contributed by atoms with van der Waals surface area (Å²) in [4.78, 5) is 0. The van der Waals surface area contributed by atoms with Gasteiger partial charge >= 0.3 is 0 Å². The van der Waals surface area contributed by atoms with Crippen LogP contribution in [0.1, 0.15) is 5.56 Å². The lowest BCUT2D eigenvalue weighted by Crippen LogP contribution is -2.03. The number of aryl methyl sites for hydroxylation is 1. The highest BCUT2D eigenvalue weighted by molar-refractivity contribution is 5.72. The van der Waals surface area contributed by atoms with Gasteiger partial charge in [0.2, 0.25) is 0 Å². The van der Waals surface area contributed by atoms with E-state index in [9.17, 15) is 4.39 Å². The van der Waals surface area contributed by atoms with Crippen LogP contribution in [0.15, 0.2) is 6.07 Å². The summed E-state index contributed by atoms with van der Waals surface area (Å²) in [6.45, 7) is 1.67. The summed E-state index contributed by atoms with van der Waals surface area (Å²) in [6, 6.07) is 1.55. The molecule has 0 atom stereocenters. The van der Waals surface area contributed by atoms with Crippen molar-refractivity contribution in [1.29, 1.82) is 0 Å². The van der Waals surface area contributed by atoms with Crippen LogP contribution in [0.25, 0.3) is 0 Å². The van der Waals surface area contributed by atoms with Crippen molar-refractivity contribution >= 4 is 17.1 Å². The predicted molar refractivity (Wildman–Crippen MR) is 44.4 cm³/mol. The monoisotopic (exact) mass is 155 g/mol. The maximum Gasteiger partial charge on any atom is 0.171 e. The Morgan fingerprint density at radius 2 is 1.73 bits per heavy atom. The SMILES string of the molecule is Cc1cc(N)c(N)c(F)c1N. The fourth-order valence-corrected chi connectivity index (χ4v) is 0.834. The molecule has 4 heteroatoms. The molecule has 0 saturated carbocycles. The van der Waals surface area contributed by atoms with Crippen molar-refractivity contribution in [2.24, 2.45) is 0 Å². The van der Waals surface area contributed by atoms with Gasteiger partial charge in [-0.15, -0.1) is 0 Å². The molecule has 0 amide bonds. The maximum absolute atomic E-state index is 12.9. The van der Waals surface area contributed by atoms with Crippen LogP contribution in [0, 0.1) is 12.7 Å². The number of halogens is 1. The molecule has 1 rings (SSSR count). The van der Waals surface area contributed by atoms with E-state index in [-0.39, 0.29) is 17.1 Å². The van der Waals surface area contributed by atoms with E-state index in [1.165, 1.54) is 0 Å². The average Bonchev–Trinajstić information content (AvgIpc) is 1.97. The predicted octanol–water partition coefficient (Wildman–Crippen LogP) is 0.881. The second kappa shape index (κ2) is 2.30. The van der Waals surface area contributed by atoms with Gasteiger partial charge in [-0.25, -0.2) is 4.39 Å². The summed E-state index contributed by atoms with van der Waals surface area (Å²) < 4.78 is 12.9. The molecule has 0 spiro atoms. The zero-order valence-electron chi connectivity index (χ0n) is 6.19. The molecule has 0 aliphatic carbocycles. The standard InChI is InChI=1S/C7H10FN3/c1-3-2-4(9)7(11)5(8)6(3)10/h2H,9-11H2,1H3. The van der Waals surface area contributed by atoms with E-state index >= 15 is 0 Å². The highest BCUT2D eigenvalue weighted by Gasteiger charge is 2.08. The van der Waals surface area contributed by atoms with Crippen molar-refractivity contribution in [1.82, 2.24) is 0 Å². The van der Waals surface area contributed by atoms with Gasteiger partial charge in [0, 0.05) is 0 Å². The molecule has 0 aliphatic rings. The largest absolute Gasteiger partial charge is 0.397 e. The van der Waals surface area contributed by atoms with E-state index in [1.54, 1.807) is 13.0 Å². The zero-order valence-corrected chi connectivity index (χ0v) is 6.19. The molecule has 0 fully saturated rings. The minimum atomic E-state index is -0.623. The highest BCUT2D eigenvalue weighted by Crippen LogP contribution is 2.26. The average molecular weight is 155 g/mol. The van der Waals surface area contributed by atoms with Gasteiger partial charge in [0.1, 0.15) is 0 Å². The molecule has 6 N–H and O–H groups in total. The summed E-state index contributed by atoms with van der Waals surface area (Å²) in [5, 5.41) is 0. The molecule has 0 bridgehead atoms. The van der Waals surface area contributed by atoms with E-state index in [4.69, 9.17) is 17.2 Å². The fraction of sp³-hybridized carbons (Fsp3) is 0.143. The number of nitrogens with two attached hydrogens (primary N) is 3. The summed E-state index contributed by atoms with van der Waals surface area (Å²) in [7, 11) is 0. The quantitative estimate of drug-likeness (QED) is 0.486. The van der Waals surface area contributed by atoms with Crippen LogP contribution in [-0.2, 0) is 0 Å². The van der Waals surface area contributed by atoms with E-state index in [2.05, 4.69) is 0 Å². The first-order valence-corrected chi connectivity index (χ1v) is 3.13. The van der Waals surface area contributed by atoms with E-state index in [1.807, 2.05) is 0 Å². The lowest BCUT2D eigenvalue weighted by molar-refractivity contribution is 0.637. The van der Waals surface area contributed by atoms with Gasteiger partial charge in [0.05, 0.1) is 17.1 Å². The van der Waals surface area contributed by atoms with Gasteiger partial charge < -0.3 is 17.2 Å². The number of benzene rings is 1. The molecule has 3 nitrogen and oxygen atoms in total. The number of hydrogen-bond acceptors (Lipinski definition) is 3. The first-order chi connectivity index (χ1) is 5.04. The fourth-order valence-electron chi connectivity index (χ4n) is 0.834.